The molecule has 4 bridgehead atoms. The summed E-state index contributed by atoms with van der Waals surface area (Å²) in [7, 11) is -8.71. The molecule has 1 heterocycles. The molecule has 1 saturated heterocycles. The lowest BCUT2D eigenvalue weighted by Crippen LogP contribution is -2.51. The second-order valence-electron chi connectivity index (χ2n) is 8.23. The molecule has 9 heteroatoms. The third-order valence-electron chi connectivity index (χ3n) is 6.35. The predicted molar refractivity (Wildman–Crippen MR) is 84.2 cm³/mol. The molecule has 0 amide bonds. The van der Waals surface area contributed by atoms with Crippen LogP contribution in [0.1, 0.15) is 44.9 Å². The van der Waals surface area contributed by atoms with Gasteiger partial charge in [0.1, 0.15) is 6.10 Å². The van der Waals surface area contributed by atoms with Crippen molar-refractivity contribution in [3.05, 3.63) is 0 Å². The molecule has 2 unspecified atom stereocenters. The van der Waals surface area contributed by atoms with E-state index in [1.807, 2.05) is 0 Å². The smallest absolute Gasteiger partial charge is 0.312 e. The molecule has 1 aliphatic heterocycles. The Hall–Kier alpha value is -0.670. The summed E-state index contributed by atoms with van der Waals surface area (Å²) in [5.74, 6) is 0.776. The fraction of sp³-hybridized carbons (Fsp3) is 0.933. The molecule has 5 rings (SSSR count). The lowest BCUT2D eigenvalue weighted by atomic mass is 9.49. The predicted octanol–water partition coefficient (Wildman–Crippen LogP) is 1.15. The van der Waals surface area contributed by atoms with Crippen molar-refractivity contribution in [1.29, 1.82) is 0 Å². The Balaban J connectivity index is 1.50. The topological polar surface area (TPSA) is 115 Å². The third kappa shape index (κ3) is 2.68. The molecule has 0 aromatic rings. The standard InChI is InChI=1S/C15H22O7S2/c16-14(15-5-9-1-10(6-15)3-11(2-9)7-15)22-12-4-13(24(19,20)21)23(17,18)8-12/h9-13H,1-8H2,(H,19,20,21). The summed E-state index contributed by atoms with van der Waals surface area (Å²) in [5, 5.41) is 0. The quantitative estimate of drug-likeness (QED) is 0.578. The van der Waals surface area contributed by atoms with Crippen LogP contribution in [-0.2, 0) is 29.5 Å². The van der Waals surface area contributed by atoms with Crippen LogP contribution in [0.4, 0.5) is 0 Å². The van der Waals surface area contributed by atoms with E-state index in [1.54, 1.807) is 0 Å². The lowest BCUT2D eigenvalue weighted by molar-refractivity contribution is -0.175. The zero-order valence-electron chi connectivity index (χ0n) is 13.3. The van der Waals surface area contributed by atoms with Gasteiger partial charge in [0.05, 0.1) is 11.2 Å². The largest absolute Gasteiger partial charge is 0.461 e. The molecular weight excluding hydrogens is 356 g/mol. The van der Waals surface area contributed by atoms with Crippen LogP contribution < -0.4 is 0 Å². The maximum Gasteiger partial charge on any atom is 0.312 e. The number of esters is 1. The fourth-order valence-electron chi connectivity index (χ4n) is 5.82. The van der Waals surface area contributed by atoms with Crippen LogP contribution in [0.3, 0.4) is 0 Å². The molecule has 0 aromatic heterocycles. The Morgan fingerprint density at radius 2 is 1.50 bits per heavy atom. The van der Waals surface area contributed by atoms with E-state index in [2.05, 4.69) is 0 Å². The Kier molecular flexibility index (Phi) is 3.61. The van der Waals surface area contributed by atoms with Gasteiger partial charge in [0, 0.05) is 6.42 Å². The van der Waals surface area contributed by atoms with Crippen LogP contribution in [0.2, 0.25) is 0 Å². The van der Waals surface area contributed by atoms with Gasteiger partial charge < -0.3 is 4.74 Å². The first-order valence-electron chi connectivity index (χ1n) is 8.46. The molecule has 4 saturated carbocycles. The van der Waals surface area contributed by atoms with Crippen molar-refractivity contribution in [2.24, 2.45) is 23.2 Å². The Labute approximate surface area is 141 Å². The second kappa shape index (κ2) is 5.17. The summed E-state index contributed by atoms with van der Waals surface area (Å²) in [4.78, 5) is 12.8. The normalized spacial score (nSPS) is 46.1. The molecule has 1 N–H and O–H groups in total. The minimum absolute atomic E-state index is 0.363. The Morgan fingerprint density at radius 3 is 1.92 bits per heavy atom. The van der Waals surface area contributed by atoms with Crippen LogP contribution in [-0.4, -0.2) is 43.8 Å². The molecule has 7 nitrogen and oxygen atoms in total. The highest BCUT2D eigenvalue weighted by atomic mass is 32.3. The molecule has 0 radical (unpaired) electrons. The van der Waals surface area contributed by atoms with Crippen LogP contribution >= 0.6 is 0 Å². The van der Waals surface area contributed by atoms with E-state index in [-0.39, 0.29) is 12.4 Å². The number of carbonyl (C=O) groups excluding carboxylic acids is 1. The summed E-state index contributed by atoms with van der Waals surface area (Å²) < 4.78 is 59.0. The molecule has 24 heavy (non-hydrogen) atoms. The number of carbonyl (C=O) groups is 1. The van der Waals surface area contributed by atoms with Gasteiger partial charge in [-0.3, -0.25) is 9.35 Å². The number of hydrogen-bond donors (Lipinski definition) is 1. The van der Waals surface area contributed by atoms with E-state index in [1.165, 1.54) is 19.3 Å². The van der Waals surface area contributed by atoms with Gasteiger partial charge in [-0.1, -0.05) is 0 Å². The van der Waals surface area contributed by atoms with E-state index in [4.69, 9.17) is 9.29 Å². The zero-order valence-corrected chi connectivity index (χ0v) is 14.9. The van der Waals surface area contributed by atoms with E-state index in [0.717, 1.165) is 19.3 Å². The number of rotatable bonds is 3. The van der Waals surface area contributed by atoms with E-state index in [0.29, 0.717) is 17.8 Å². The van der Waals surface area contributed by atoms with E-state index < -0.39 is 41.8 Å². The third-order valence-corrected chi connectivity index (χ3v) is 10.6. The van der Waals surface area contributed by atoms with Crippen molar-refractivity contribution >= 4 is 25.9 Å². The summed E-state index contributed by atoms with van der Waals surface area (Å²) >= 11 is 0. The SMILES string of the molecule is O=C(OC1CC(S(=O)(=O)O)S(=O)(=O)C1)C12CC3CC(CC(C3)C1)C2. The monoisotopic (exact) mass is 378 g/mol. The van der Waals surface area contributed by atoms with Gasteiger partial charge >= 0.3 is 5.97 Å². The minimum atomic E-state index is -4.70. The summed E-state index contributed by atoms with van der Waals surface area (Å²) in [6.45, 7) is 0. The highest BCUT2D eigenvalue weighted by Crippen LogP contribution is 2.60. The lowest BCUT2D eigenvalue weighted by Gasteiger charge is -2.55. The highest BCUT2D eigenvalue weighted by Gasteiger charge is 2.57. The fourth-order valence-corrected chi connectivity index (χ4v) is 9.44. The highest BCUT2D eigenvalue weighted by molar-refractivity contribution is 8.07. The second-order valence-corrected chi connectivity index (χ2v) is 12.4. The average molecular weight is 378 g/mol. The molecule has 136 valence electrons. The number of ether oxygens (including phenoxy) is 1. The average Bonchev–Trinajstić information content (AvgIpc) is 2.71. The zero-order chi connectivity index (χ0) is 17.3. The first-order valence-corrected chi connectivity index (χ1v) is 11.7. The van der Waals surface area contributed by atoms with Crippen molar-refractivity contribution in [1.82, 2.24) is 0 Å². The van der Waals surface area contributed by atoms with Crippen molar-refractivity contribution in [3.63, 3.8) is 0 Å². The first kappa shape index (κ1) is 16.8. The molecule has 5 aliphatic rings. The Bertz CT molecular complexity index is 732. The van der Waals surface area contributed by atoms with Gasteiger partial charge in [0.25, 0.3) is 10.1 Å². The van der Waals surface area contributed by atoms with Crippen LogP contribution in [0.25, 0.3) is 0 Å². The van der Waals surface area contributed by atoms with Crippen LogP contribution in [0.5, 0.6) is 0 Å². The van der Waals surface area contributed by atoms with Crippen molar-refractivity contribution in [2.75, 3.05) is 5.75 Å². The first-order chi connectivity index (χ1) is 11.1. The Morgan fingerprint density at radius 1 is 1.00 bits per heavy atom. The van der Waals surface area contributed by atoms with Crippen molar-refractivity contribution < 1.29 is 30.9 Å². The maximum atomic E-state index is 12.8. The summed E-state index contributed by atoms with van der Waals surface area (Å²) in [6.07, 6.45) is 4.58. The minimum Gasteiger partial charge on any atom is -0.461 e. The van der Waals surface area contributed by atoms with Gasteiger partial charge in [-0.2, -0.15) is 8.42 Å². The van der Waals surface area contributed by atoms with Crippen molar-refractivity contribution in [3.8, 4) is 0 Å². The number of hydrogen-bond acceptors (Lipinski definition) is 6. The molecular formula is C15H22O7S2. The van der Waals surface area contributed by atoms with Gasteiger partial charge in [0.15, 0.2) is 14.4 Å². The molecule has 5 fully saturated rings. The summed E-state index contributed by atoms with van der Waals surface area (Å²) in [5.41, 5.74) is -0.505. The summed E-state index contributed by atoms with van der Waals surface area (Å²) in [6, 6.07) is 0. The van der Waals surface area contributed by atoms with Gasteiger partial charge in [-0.05, 0) is 56.3 Å². The molecule has 0 spiro atoms. The number of sulfone groups is 1. The maximum absolute atomic E-state index is 12.8. The van der Waals surface area contributed by atoms with Gasteiger partial charge in [-0.15, -0.1) is 0 Å². The van der Waals surface area contributed by atoms with Crippen LogP contribution in [0, 0.1) is 23.2 Å². The van der Waals surface area contributed by atoms with Gasteiger partial charge in [-0.25, -0.2) is 8.42 Å². The van der Waals surface area contributed by atoms with E-state index in [9.17, 15) is 21.6 Å². The van der Waals surface area contributed by atoms with Crippen LogP contribution in [0.15, 0.2) is 0 Å². The van der Waals surface area contributed by atoms with Crippen molar-refractivity contribution in [2.45, 2.75) is 55.6 Å². The molecule has 0 aromatic carbocycles. The molecule has 4 aliphatic carbocycles. The van der Waals surface area contributed by atoms with E-state index >= 15 is 0 Å². The molecule has 2 atom stereocenters. The van der Waals surface area contributed by atoms with Gasteiger partial charge in [0.2, 0.25) is 0 Å².